The lowest BCUT2D eigenvalue weighted by molar-refractivity contribution is 0.281. The first-order valence-corrected chi connectivity index (χ1v) is 8.45. The minimum Gasteiger partial charge on any atom is -0.495 e. The first-order valence-electron chi connectivity index (χ1n) is 6.15. The second-order valence-corrected chi connectivity index (χ2v) is 7.39. The average Bonchev–Trinajstić information content (AvgIpc) is 2.90. The van der Waals surface area contributed by atoms with Crippen molar-refractivity contribution in [2.45, 2.75) is 25.0 Å². The molecular formula is C13H16N2O4S2. The number of aliphatic hydroxyl groups excluding tert-OH is 1. The molecule has 0 unspecified atom stereocenters. The van der Waals surface area contributed by atoms with Gasteiger partial charge in [-0.1, -0.05) is 6.07 Å². The van der Waals surface area contributed by atoms with Crippen molar-refractivity contribution in [2.24, 2.45) is 0 Å². The molecule has 2 rings (SSSR count). The quantitative estimate of drug-likeness (QED) is 0.837. The summed E-state index contributed by atoms with van der Waals surface area (Å²) in [6.45, 7) is 1.79. The zero-order valence-electron chi connectivity index (χ0n) is 11.7. The monoisotopic (exact) mass is 328 g/mol. The summed E-state index contributed by atoms with van der Waals surface area (Å²) < 4.78 is 32.3. The van der Waals surface area contributed by atoms with Crippen LogP contribution in [0.4, 0.5) is 0 Å². The van der Waals surface area contributed by atoms with Crippen LogP contribution in [0.3, 0.4) is 0 Å². The van der Waals surface area contributed by atoms with E-state index in [-0.39, 0.29) is 23.8 Å². The number of benzene rings is 1. The third-order valence-electron chi connectivity index (χ3n) is 2.78. The molecule has 2 N–H and O–H groups in total. The third-order valence-corrected chi connectivity index (χ3v) is 5.12. The molecule has 2 aromatic rings. The van der Waals surface area contributed by atoms with Crippen LogP contribution >= 0.6 is 11.3 Å². The summed E-state index contributed by atoms with van der Waals surface area (Å²) in [5, 5.41) is 9.83. The fourth-order valence-electron chi connectivity index (χ4n) is 1.75. The first-order chi connectivity index (χ1) is 9.96. The molecule has 0 saturated carbocycles. The van der Waals surface area contributed by atoms with E-state index in [2.05, 4.69) is 9.71 Å². The third kappa shape index (κ3) is 3.79. The molecule has 0 spiro atoms. The van der Waals surface area contributed by atoms with E-state index in [0.29, 0.717) is 10.6 Å². The molecule has 8 heteroatoms. The van der Waals surface area contributed by atoms with E-state index in [4.69, 9.17) is 9.84 Å². The van der Waals surface area contributed by atoms with E-state index in [1.54, 1.807) is 12.3 Å². The second-order valence-electron chi connectivity index (χ2n) is 4.33. The van der Waals surface area contributed by atoms with E-state index in [0.717, 1.165) is 4.88 Å². The number of thiazole rings is 1. The van der Waals surface area contributed by atoms with Gasteiger partial charge in [-0.2, -0.15) is 0 Å². The number of ether oxygens (including phenoxy) is 1. The SMILES string of the molecule is COc1ccc(CO)cc1S(=O)(=O)NCc1ncc(C)s1. The highest BCUT2D eigenvalue weighted by Crippen LogP contribution is 2.25. The van der Waals surface area contributed by atoms with Crippen molar-refractivity contribution >= 4 is 21.4 Å². The van der Waals surface area contributed by atoms with Crippen LogP contribution in [0.25, 0.3) is 0 Å². The number of sulfonamides is 1. The zero-order chi connectivity index (χ0) is 15.5. The highest BCUT2D eigenvalue weighted by atomic mass is 32.2. The normalized spacial score (nSPS) is 11.6. The van der Waals surface area contributed by atoms with Crippen LogP contribution in [0.15, 0.2) is 29.3 Å². The Morgan fingerprint density at radius 1 is 1.43 bits per heavy atom. The number of nitrogens with zero attached hydrogens (tertiary/aromatic N) is 1. The number of aromatic nitrogens is 1. The summed E-state index contributed by atoms with van der Waals surface area (Å²) in [4.78, 5) is 5.13. The molecule has 0 atom stereocenters. The van der Waals surface area contributed by atoms with Gasteiger partial charge in [-0.15, -0.1) is 11.3 Å². The van der Waals surface area contributed by atoms with Crippen molar-refractivity contribution in [1.82, 2.24) is 9.71 Å². The number of nitrogens with one attached hydrogen (secondary N) is 1. The summed E-state index contributed by atoms with van der Waals surface area (Å²) in [6, 6.07) is 4.53. The Kier molecular flexibility index (Phi) is 4.94. The summed E-state index contributed by atoms with van der Waals surface area (Å²) in [5.74, 6) is 0.231. The number of aliphatic hydroxyl groups is 1. The molecule has 1 heterocycles. The van der Waals surface area contributed by atoms with Gasteiger partial charge in [0, 0.05) is 11.1 Å². The zero-order valence-corrected chi connectivity index (χ0v) is 13.3. The maximum absolute atomic E-state index is 12.4. The Hall–Kier alpha value is -1.48. The molecule has 0 bridgehead atoms. The van der Waals surface area contributed by atoms with Gasteiger partial charge in [0.05, 0.1) is 20.3 Å². The van der Waals surface area contributed by atoms with Crippen molar-refractivity contribution in [3.63, 3.8) is 0 Å². The molecule has 0 amide bonds. The van der Waals surface area contributed by atoms with Crippen LogP contribution in [0.2, 0.25) is 0 Å². The molecule has 0 aliphatic rings. The standard InChI is InChI=1S/C13H16N2O4S2/c1-9-6-14-13(20-9)7-15-21(17,18)12-5-10(8-16)3-4-11(12)19-2/h3-6,15-16H,7-8H2,1-2H3. The topological polar surface area (TPSA) is 88.5 Å². The molecular weight excluding hydrogens is 312 g/mol. The van der Waals surface area contributed by atoms with Crippen LogP contribution in [0, 0.1) is 6.92 Å². The van der Waals surface area contributed by atoms with Gasteiger partial charge >= 0.3 is 0 Å². The van der Waals surface area contributed by atoms with E-state index in [1.165, 1.54) is 30.6 Å². The van der Waals surface area contributed by atoms with Gasteiger partial charge < -0.3 is 9.84 Å². The van der Waals surface area contributed by atoms with Crippen LogP contribution < -0.4 is 9.46 Å². The summed E-state index contributed by atoms with van der Waals surface area (Å²) >= 11 is 1.43. The van der Waals surface area contributed by atoms with Crippen molar-refractivity contribution in [2.75, 3.05) is 7.11 Å². The minimum atomic E-state index is -3.74. The van der Waals surface area contributed by atoms with E-state index in [1.807, 2.05) is 6.92 Å². The summed E-state index contributed by atoms with van der Waals surface area (Å²) in [5.41, 5.74) is 0.501. The van der Waals surface area contributed by atoms with Crippen molar-refractivity contribution < 1.29 is 18.3 Å². The number of aryl methyl sites for hydroxylation is 1. The maximum atomic E-state index is 12.4. The first kappa shape index (κ1) is 15.9. The fourth-order valence-corrected chi connectivity index (χ4v) is 3.77. The number of hydrogen-bond donors (Lipinski definition) is 2. The van der Waals surface area contributed by atoms with E-state index < -0.39 is 10.0 Å². The molecule has 1 aromatic heterocycles. The number of methoxy groups -OCH3 is 1. The molecule has 21 heavy (non-hydrogen) atoms. The lowest BCUT2D eigenvalue weighted by Crippen LogP contribution is -2.23. The lowest BCUT2D eigenvalue weighted by Gasteiger charge is -2.11. The predicted molar refractivity (Wildman–Crippen MR) is 79.8 cm³/mol. The molecule has 0 fully saturated rings. The van der Waals surface area contributed by atoms with Gasteiger partial charge in [0.15, 0.2) is 0 Å². The van der Waals surface area contributed by atoms with Crippen molar-refractivity contribution in [1.29, 1.82) is 0 Å². The van der Waals surface area contributed by atoms with Gasteiger partial charge in [0.2, 0.25) is 10.0 Å². The molecule has 0 radical (unpaired) electrons. The van der Waals surface area contributed by atoms with Gasteiger partial charge in [0.1, 0.15) is 15.7 Å². The van der Waals surface area contributed by atoms with Gasteiger partial charge in [-0.05, 0) is 24.6 Å². The number of hydrogen-bond acceptors (Lipinski definition) is 6. The highest BCUT2D eigenvalue weighted by molar-refractivity contribution is 7.89. The average molecular weight is 328 g/mol. The summed E-state index contributed by atoms with van der Waals surface area (Å²) in [7, 11) is -2.34. The molecule has 1 aromatic carbocycles. The Labute approximate surface area is 127 Å². The molecule has 6 nitrogen and oxygen atoms in total. The van der Waals surface area contributed by atoms with Gasteiger partial charge in [-0.25, -0.2) is 18.1 Å². The Balaban J connectivity index is 2.26. The van der Waals surface area contributed by atoms with Gasteiger partial charge in [0.25, 0.3) is 0 Å². The van der Waals surface area contributed by atoms with Gasteiger partial charge in [-0.3, -0.25) is 0 Å². The molecule has 0 aliphatic carbocycles. The number of rotatable bonds is 6. The van der Waals surface area contributed by atoms with E-state index >= 15 is 0 Å². The molecule has 0 saturated heterocycles. The van der Waals surface area contributed by atoms with Crippen LogP contribution in [0.5, 0.6) is 5.75 Å². The van der Waals surface area contributed by atoms with Crippen LogP contribution in [0.1, 0.15) is 15.4 Å². The Bertz CT molecular complexity index is 726. The predicted octanol–water partition coefficient (Wildman–Crippen LogP) is 1.43. The van der Waals surface area contributed by atoms with Crippen LogP contribution in [-0.4, -0.2) is 25.6 Å². The molecule has 114 valence electrons. The molecule has 0 aliphatic heterocycles. The smallest absolute Gasteiger partial charge is 0.244 e. The van der Waals surface area contributed by atoms with E-state index in [9.17, 15) is 8.42 Å². The van der Waals surface area contributed by atoms with Crippen LogP contribution in [-0.2, 0) is 23.2 Å². The second kappa shape index (κ2) is 6.52. The fraction of sp³-hybridized carbons (Fsp3) is 0.308. The minimum absolute atomic E-state index is 0.00447. The van der Waals surface area contributed by atoms with Crippen molar-refractivity contribution in [3.05, 3.63) is 39.8 Å². The largest absolute Gasteiger partial charge is 0.495 e. The van der Waals surface area contributed by atoms with Crippen molar-refractivity contribution in [3.8, 4) is 5.75 Å². The maximum Gasteiger partial charge on any atom is 0.244 e. The lowest BCUT2D eigenvalue weighted by atomic mass is 10.2. The summed E-state index contributed by atoms with van der Waals surface area (Å²) in [6.07, 6.45) is 1.70. The Morgan fingerprint density at radius 2 is 2.19 bits per heavy atom. The Morgan fingerprint density at radius 3 is 2.76 bits per heavy atom. The highest BCUT2D eigenvalue weighted by Gasteiger charge is 2.20.